The summed E-state index contributed by atoms with van der Waals surface area (Å²) in [4.78, 5) is 25.1. The van der Waals surface area contributed by atoms with Gasteiger partial charge in [0.25, 0.3) is 0 Å². The number of hydrogen-bond donors (Lipinski definition) is 2. The number of carbonyl (C=O) groups is 2. The molecule has 1 saturated carbocycles. The van der Waals surface area contributed by atoms with E-state index in [-0.39, 0.29) is 18.6 Å². The molecule has 6 nitrogen and oxygen atoms in total. The summed E-state index contributed by atoms with van der Waals surface area (Å²) in [6, 6.07) is -0.0707. The van der Waals surface area contributed by atoms with Crippen molar-refractivity contribution in [3.63, 3.8) is 0 Å². The fourth-order valence-electron chi connectivity index (χ4n) is 2.68. The second-order valence-electron chi connectivity index (χ2n) is 5.43. The maximum absolute atomic E-state index is 12.1. The molecule has 0 aromatic rings. The van der Waals surface area contributed by atoms with E-state index in [2.05, 4.69) is 5.32 Å². The second-order valence-corrected chi connectivity index (χ2v) is 5.43. The number of ether oxygens (including phenoxy) is 1. The number of carboxylic acid groups (broad SMARTS) is 1. The van der Waals surface area contributed by atoms with E-state index >= 15 is 0 Å². The normalized spacial score (nSPS) is 25.5. The van der Waals surface area contributed by atoms with Crippen LogP contribution in [0.15, 0.2) is 0 Å². The largest absolute Gasteiger partial charge is 0.481 e. The molecule has 1 heterocycles. The number of morpholine rings is 1. The topological polar surface area (TPSA) is 78.9 Å². The Kier molecular flexibility index (Phi) is 4.29. The number of rotatable bonds is 4. The first kappa shape index (κ1) is 14.1. The maximum Gasteiger partial charge on any atom is 0.317 e. The molecule has 1 unspecified atom stereocenters. The highest BCUT2D eigenvalue weighted by Gasteiger charge is 2.44. The van der Waals surface area contributed by atoms with Gasteiger partial charge in [0, 0.05) is 13.1 Å². The lowest BCUT2D eigenvalue weighted by Crippen LogP contribution is -2.55. The van der Waals surface area contributed by atoms with E-state index in [9.17, 15) is 14.7 Å². The molecule has 0 aromatic carbocycles. The van der Waals surface area contributed by atoms with Crippen LogP contribution in [0.3, 0.4) is 0 Å². The molecule has 108 valence electrons. The van der Waals surface area contributed by atoms with Crippen LogP contribution in [0.4, 0.5) is 4.79 Å². The molecule has 1 aliphatic carbocycles. The average Bonchev–Trinajstić information content (AvgIpc) is 2.36. The number of hydrogen-bond acceptors (Lipinski definition) is 3. The molecule has 2 N–H and O–H groups in total. The Morgan fingerprint density at radius 1 is 1.47 bits per heavy atom. The molecule has 1 aliphatic heterocycles. The summed E-state index contributed by atoms with van der Waals surface area (Å²) in [5.74, 6) is -0.798. The van der Waals surface area contributed by atoms with E-state index in [0.717, 1.165) is 12.8 Å². The van der Waals surface area contributed by atoms with Crippen LogP contribution in [0.2, 0.25) is 0 Å². The Hall–Kier alpha value is -1.30. The minimum Gasteiger partial charge on any atom is -0.481 e. The number of amides is 2. The first-order valence-electron chi connectivity index (χ1n) is 6.95. The molecule has 2 rings (SSSR count). The SMILES string of the molecule is CCC1COCCN1C(=O)NCC1(C(=O)O)CCC1. The molecule has 1 saturated heterocycles. The molecule has 2 aliphatic rings. The molecule has 0 bridgehead atoms. The van der Waals surface area contributed by atoms with E-state index in [1.165, 1.54) is 0 Å². The number of urea groups is 1. The zero-order valence-electron chi connectivity index (χ0n) is 11.4. The molecule has 2 amide bonds. The Morgan fingerprint density at radius 3 is 2.74 bits per heavy atom. The van der Waals surface area contributed by atoms with Gasteiger partial charge in [0.05, 0.1) is 24.7 Å². The molecular formula is C13H22N2O4. The molecule has 19 heavy (non-hydrogen) atoms. The highest BCUT2D eigenvalue weighted by molar-refractivity contribution is 5.79. The molecule has 6 heteroatoms. The lowest BCUT2D eigenvalue weighted by atomic mass is 9.69. The first-order chi connectivity index (χ1) is 9.09. The van der Waals surface area contributed by atoms with Crippen molar-refractivity contribution in [3.05, 3.63) is 0 Å². The zero-order valence-corrected chi connectivity index (χ0v) is 11.4. The smallest absolute Gasteiger partial charge is 0.317 e. The first-order valence-corrected chi connectivity index (χ1v) is 6.95. The van der Waals surface area contributed by atoms with E-state index in [1.54, 1.807) is 4.90 Å². The van der Waals surface area contributed by atoms with Gasteiger partial charge in [-0.05, 0) is 19.3 Å². The van der Waals surface area contributed by atoms with E-state index < -0.39 is 11.4 Å². The fraction of sp³-hybridized carbons (Fsp3) is 0.846. The van der Waals surface area contributed by atoms with Crippen LogP contribution >= 0.6 is 0 Å². The van der Waals surface area contributed by atoms with Crippen molar-refractivity contribution in [1.82, 2.24) is 10.2 Å². The summed E-state index contributed by atoms with van der Waals surface area (Å²) in [7, 11) is 0. The van der Waals surface area contributed by atoms with Gasteiger partial charge in [-0.25, -0.2) is 4.79 Å². The van der Waals surface area contributed by atoms with E-state index in [0.29, 0.717) is 32.6 Å². The monoisotopic (exact) mass is 270 g/mol. The molecule has 0 spiro atoms. The standard InChI is InChI=1S/C13H22N2O4/c1-2-10-8-19-7-6-15(10)12(18)14-9-13(11(16)17)4-3-5-13/h10H,2-9H2,1H3,(H,14,18)(H,16,17). The van der Waals surface area contributed by atoms with Crippen molar-refractivity contribution < 1.29 is 19.4 Å². The molecule has 1 atom stereocenters. The van der Waals surface area contributed by atoms with Gasteiger partial charge in [-0.15, -0.1) is 0 Å². The van der Waals surface area contributed by atoms with Crippen LogP contribution in [-0.2, 0) is 9.53 Å². The molecule has 0 aromatic heterocycles. The number of carbonyl (C=O) groups excluding carboxylic acids is 1. The van der Waals surface area contributed by atoms with Crippen molar-refractivity contribution in [1.29, 1.82) is 0 Å². The van der Waals surface area contributed by atoms with Gasteiger partial charge in [-0.1, -0.05) is 13.3 Å². The van der Waals surface area contributed by atoms with Gasteiger partial charge in [-0.3, -0.25) is 4.79 Å². The number of carboxylic acids is 1. The van der Waals surface area contributed by atoms with Crippen LogP contribution in [0.25, 0.3) is 0 Å². The van der Waals surface area contributed by atoms with Crippen molar-refractivity contribution in [2.75, 3.05) is 26.3 Å². The summed E-state index contributed by atoms with van der Waals surface area (Å²) in [5.41, 5.74) is -0.732. The lowest BCUT2D eigenvalue weighted by Gasteiger charge is -2.39. The van der Waals surface area contributed by atoms with Crippen LogP contribution in [0.1, 0.15) is 32.6 Å². The fourth-order valence-corrected chi connectivity index (χ4v) is 2.68. The van der Waals surface area contributed by atoms with Crippen molar-refractivity contribution in [2.45, 2.75) is 38.6 Å². The summed E-state index contributed by atoms with van der Waals surface area (Å²) < 4.78 is 5.35. The van der Waals surface area contributed by atoms with Gasteiger partial charge in [0.15, 0.2) is 0 Å². The van der Waals surface area contributed by atoms with Crippen molar-refractivity contribution in [2.24, 2.45) is 5.41 Å². The van der Waals surface area contributed by atoms with Crippen LogP contribution in [-0.4, -0.2) is 54.4 Å². The molecular weight excluding hydrogens is 248 g/mol. The van der Waals surface area contributed by atoms with Gasteiger partial charge in [0.2, 0.25) is 0 Å². The predicted molar refractivity (Wildman–Crippen MR) is 68.9 cm³/mol. The van der Waals surface area contributed by atoms with Crippen LogP contribution < -0.4 is 5.32 Å². The van der Waals surface area contributed by atoms with Crippen molar-refractivity contribution in [3.8, 4) is 0 Å². The van der Waals surface area contributed by atoms with E-state index in [4.69, 9.17) is 4.74 Å². The quantitative estimate of drug-likeness (QED) is 0.800. The zero-order chi connectivity index (χ0) is 13.9. The lowest BCUT2D eigenvalue weighted by molar-refractivity contribution is -0.153. The second kappa shape index (κ2) is 5.77. The Labute approximate surface area is 113 Å². The summed E-state index contributed by atoms with van der Waals surface area (Å²) >= 11 is 0. The number of nitrogens with zero attached hydrogens (tertiary/aromatic N) is 1. The average molecular weight is 270 g/mol. The minimum absolute atomic E-state index is 0.0934. The van der Waals surface area contributed by atoms with Crippen molar-refractivity contribution >= 4 is 12.0 Å². The predicted octanol–water partition coefficient (Wildman–Crippen LogP) is 1.06. The third kappa shape index (κ3) is 2.83. The van der Waals surface area contributed by atoms with Gasteiger partial charge in [-0.2, -0.15) is 0 Å². The summed E-state index contributed by atoms with van der Waals surface area (Å²) in [6.45, 7) is 3.94. The number of nitrogens with one attached hydrogen (secondary N) is 1. The third-order valence-corrected chi connectivity index (χ3v) is 4.30. The number of aliphatic carboxylic acids is 1. The van der Waals surface area contributed by atoms with Gasteiger partial charge in [0.1, 0.15) is 0 Å². The molecule has 0 radical (unpaired) electrons. The minimum atomic E-state index is -0.798. The van der Waals surface area contributed by atoms with Crippen LogP contribution in [0, 0.1) is 5.41 Å². The van der Waals surface area contributed by atoms with Crippen LogP contribution in [0.5, 0.6) is 0 Å². The van der Waals surface area contributed by atoms with Gasteiger partial charge < -0.3 is 20.1 Å². The summed E-state index contributed by atoms with van der Waals surface area (Å²) in [6.07, 6.45) is 3.08. The van der Waals surface area contributed by atoms with Gasteiger partial charge >= 0.3 is 12.0 Å². The molecule has 2 fully saturated rings. The Morgan fingerprint density at radius 2 is 2.21 bits per heavy atom. The highest BCUT2D eigenvalue weighted by atomic mass is 16.5. The van der Waals surface area contributed by atoms with E-state index in [1.807, 2.05) is 6.92 Å². The Bertz CT molecular complexity index is 355. The maximum atomic E-state index is 12.1. The summed E-state index contributed by atoms with van der Waals surface area (Å²) in [5, 5.41) is 12.0. The Balaban J connectivity index is 1.88. The third-order valence-electron chi connectivity index (χ3n) is 4.30. The highest BCUT2D eigenvalue weighted by Crippen LogP contribution is 2.40.